The Hall–Kier alpha value is -0.390. The van der Waals surface area contributed by atoms with Gasteiger partial charge in [-0.25, -0.2) is 8.42 Å². The maximum atomic E-state index is 11.1. The summed E-state index contributed by atoms with van der Waals surface area (Å²) < 4.78 is 27.6. The van der Waals surface area contributed by atoms with Gasteiger partial charge in [0, 0.05) is 16.4 Å². The average molecular weight is 281 g/mol. The highest BCUT2D eigenvalue weighted by molar-refractivity contribution is 8.13. The van der Waals surface area contributed by atoms with E-state index in [0.29, 0.717) is 12.4 Å². The van der Waals surface area contributed by atoms with E-state index >= 15 is 0 Å². The van der Waals surface area contributed by atoms with Crippen LogP contribution in [0.3, 0.4) is 0 Å². The Kier molecular flexibility index (Phi) is 4.95. The molecule has 90 valence electrons. The third-order valence-electron chi connectivity index (χ3n) is 1.97. The second-order valence-electron chi connectivity index (χ2n) is 3.21. The van der Waals surface area contributed by atoms with E-state index in [1.165, 1.54) is 12.1 Å². The third-order valence-corrected chi connectivity index (χ3v) is 3.90. The number of rotatable bonds is 5. The van der Waals surface area contributed by atoms with Crippen molar-refractivity contribution in [2.45, 2.75) is 11.8 Å². The molecule has 0 spiro atoms. The quantitative estimate of drug-likeness (QED) is 0.614. The molecule has 0 atom stereocenters. The molecule has 0 saturated heterocycles. The van der Waals surface area contributed by atoms with Crippen molar-refractivity contribution < 1.29 is 13.2 Å². The smallest absolute Gasteiger partial charge is 0.261 e. The van der Waals surface area contributed by atoms with Gasteiger partial charge in [-0.1, -0.05) is 0 Å². The van der Waals surface area contributed by atoms with Crippen molar-refractivity contribution in [3.8, 4) is 5.75 Å². The summed E-state index contributed by atoms with van der Waals surface area (Å²) in [5.41, 5.74) is 0.767. The minimum atomic E-state index is -3.65. The van der Waals surface area contributed by atoms with E-state index in [1.54, 1.807) is 24.8 Å². The van der Waals surface area contributed by atoms with E-state index in [0.717, 1.165) is 11.3 Å². The van der Waals surface area contributed by atoms with Gasteiger partial charge in [0.15, 0.2) is 0 Å². The van der Waals surface area contributed by atoms with Crippen LogP contribution in [0, 0.1) is 6.92 Å². The largest absolute Gasteiger partial charge is 0.492 e. The Bertz CT molecular complexity index is 457. The molecule has 0 aromatic heterocycles. The number of aryl methyl sites for hydroxylation is 1. The summed E-state index contributed by atoms with van der Waals surface area (Å²) in [5.74, 6) is 1.59. The van der Waals surface area contributed by atoms with Crippen LogP contribution in [0.25, 0.3) is 0 Å². The highest BCUT2D eigenvalue weighted by Gasteiger charge is 2.11. The minimum Gasteiger partial charge on any atom is -0.492 e. The van der Waals surface area contributed by atoms with Crippen LogP contribution < -0.4 is 4.74 Å². The molecular formula is C10H13ClO3S2. The molecule has 0 aliphatic heterocycles. The Labute approximate surface area is 105 Å². The summed E-state index contributed by atoms with van der Waals surface area (Å²) in [7, 11) is 1.58. The van der Waals surface area contributed by atoms with E-state index in [-0.39, 0.29) is 4.90 Å². The van der Waals surface area contributed by atoms with E-state index in [2.05, 4.69) is 0 Å². The summed E-state index contributed by atoms with van der Waals surface area (Å²) in [6.45, 7) is 2.40. The summed E-state index contributed by atoms with van der Waals surface area (Å²) in [5, 5.41) is 0. The lowest BCUT2D eigenvalue weighted by molar-refractivity contribution is 0.341. The fraction of sp³-hybridized carbons (Fsp3) is 0.400. The minimum absolute atomic E-state index is 0.101. The molecule has 0 fully saturated rings. The number of halogens is 1. The van der Waals surface area contributed by atoms with Gasteiger partial charge in [0.05, 0.1) is 11.5 Å². The Morgan fingerprint density at radius 3 is 2.62 bits per heavy atom. The molecule has 0 aliphatic carbocycles. The lowest BCUT2D eigenvalue weighted by Gasteiger charge is -2.08. The zero-order chi connectivity index (χ0) is 12.2. The molecule has 1 rings (SSSR count). The molecule has 0 aliphatic rings. The first-order valence-electron chi connectivity index (χ1n) is 4.62. The number of thioether (sulfide) groups is 1. The van der Waals surface area contributed by atoms with E-state index in [1.807, 2.05) is 6.26 Å². The van der Waals surface area contributed by atoms with Crippen molar-refractivity contribution in [1.82, 2.24) is 0 Å². The molecule has 1 aromatic rings. The molecule has 16 heavy (non-hydrogen) atoms. The Morgan fingerprint density at radius 1 is 1.44 bits per heavy atom. The fourth-order valence-corrected chi connectivity index (χ4v) is 2.26. The molecule has 0 unspecified atom stereocenters. The molecule has 0 heterocycles. The van der Waals surface area contributed by atoms with Gasteiger partial charge in [0.1, 0.15) is 5.75 Å². The van der Waals surface area contributed by atoms with Crippen molar-refractivity contribution in [3.05, 3.63) is 23.8 Å². The molecule has 0 radical (unpaired) electrons. The van der Waals surface area contributed by atoms with Gasteiger partial charge in [0.25, 0.3) is 9.05 Å². The summed E-state index contributed by atoms with van der Waals surface area (Å²) in [6.07, 6.45) is 2.00. The van der Waals surface area contributed by atoms with Crippen LogP contribution in [-0.4, -0.2) is 27.0 Å². The van der Waals surface area contributed by atoms with Crippen molar-refractivity contribution in [1.29, 1.82) is 0 Å². The van der Waals surface area contributed by atoms with Crippen LogP contribution in [0.4, 0.5) is 0 Å². The molecule has 3 nitrogen and oxygen atoms in total. The SMILES string of the molecule is CSCCOc1ccc(S(=O)(=O)Cl)cc1C. The lowest BCUT2D eigenvalue weighted by atomic mass is 10.2. The van der Waals surface area contributed by atoms with Gasteiger partial charge in [-0.05, 0) is 36.9 Å². The molecule has 0 saturated carbocycles. The molecule has 6 heteroatoms. The van der Waals surface area contributed by atoms with Crippen LogP contribution in [0.2, 0.25) is 0 Å². The number of benzene rings is 1. The van der Waals surface area contributed by atoms with Crippen LogP contribution >= 0.6 is 22.4 Å². The van der Waals surface area contributed by atoms with Gasteiger partial charge in [0.2, 0.25) is 0 Å². The maximum Gasteiger partial charge on any atom is 0.261 e. The topological polar surface area (TPSA) is 43.4 Å². The highest BCUT2D eigenvalue weighted by atomic mass is 35.7. The van der Waals surface area contributed by atoms with Crippen molar-refractivity contribution >= 4 is 31.5 Å². The summed E-state index contributed by atoms with van der Waals surface area (Å²) in [6, 6.07) is 4.59. The standard InChI is InChI=1S/C10H13ClO3S2/c1-8-7-9(16(11,12)13)3-4-10(8)14-5-6-15-2/h3-4,7H,5-6H2,1-2H3. The predicted octanol–water partition coefficient (Wildman–Crippen LogP) is 2.66. The predicted molar refractivity (Wildman–Crippen MR) is 68.1 cm³/mol. The lowest BCUT2D eigenvalue weighted by Crippen LogP contribution is -2.01. The first kappa shape index (κ1) is 13.7. The number of hydrogen-bond acceptors (Lipinski definition) is 4. The zero-order valence-electron chi connectivity index (χ0n) is 9.07. The molecule has 0 N–H and O–H groups in total. The Balaban J connectivity index is 2.84. The monoisotopic (exact) mass is 280 g/mol. The maximum absolute atomic E-state index is 11.1. The van der Waals surface area contributed by atoms with E-state index in [4.69, 9.17) is 15.4 Å². The van der Waals surface area contributed by atoms with Gasteiger partial charge in [-0.2, -0.15) is 11.8 Å². The molecule has 1 aromatic carbocycles. The molecule has 0 amide bonds. The zero-order valence-corrected chi connectivity index (χ0v) is 11.5. The van der Waals surface area contributed by atoms with Crippen molar-refractivity contribution in [2.75, 3.05) is 18.6 Å². The third kappa shape index (κ3) is 3.88. The number of ether oxygens (including phenoxy) is 1. The first-order chi connectivity index (χ1) is 7.45. The van der Waals surface area contributed by atoms with Crippen molar-refractivity contribution in [3.63, 3.8) is 0 Å². The van der Waals surface area contributed by atoms with E-state index < -0.39 is 9.05 Å². The van der Waals surface area contributed by atoms with Gasteiger partial charge in [-0.15, -0.1) is 0 Å². The fourth-order valence-electron chi connectivity index (χ4n) is 1.17. The second kappa shape index (κ2) is 5.80. The van der Waals surface area contributed by atoms with E-state index in [9.17, 15) is 8.42 Å². The normalized spacial score (nSPS) is 11.4. The average Bonchev–Trinajstić information content (AvgIpc) is 2.19. The Morgan fingerprint density at radius 2 is 2.12 bits per heavy atom. The summed E-state index contributed by atoms with van der Waals surface area (Å²) >= 11 is 1.69. The van der Waals surface area contributed by atoms with Crippen LogP contribution in [0.1, 0.15) is 5.56 Å². The van der Waals surface area contributed by atoms with Crippen LogP contribution in [-0.2, 0) is 9.05 Å². The summed E-state index contributed by atoms with van der Waals surface area (Å²) in [4.78, 5) is 0.101. The molecular weight excluding hydrogens is 268 g/mol. The van der Waals surface area contributed by atoms with Gasteiger partial charge in [-0.3, -0.25) is 0 Å². The van der Waals surface area contributed by atoms with Gasteiger partial charge >= 0.3 is 0 Å². The van der Waals surface area contributed by atoms with Gasteiger partial charge < -0.3 is 4.74 Å². The molecule has 0 bridgehead atoms. The highest BCUT2D eigenvalue weighted by Crippen LogP contribution is 2.23. The first-order valence-corrected chi connectivity index (χ1v) is 8.32. The van der Waals surface area contributed by atoms with Crippen LogP contribution in [0.15, 0.2) is 23.1 Å². The van der Waals surface area contributed by atoms with Crippen molar-refractivity contribution in [2.24, 2.45) is 0 Å². The second-order valence-corrected chi connectivity index (χ2v) is 6.76. The number of hydrogen-bond donors (Lipinski definition) is 0. The van der Waals surface area contributed by atoms with Crippen LogP contribution in [0.5, 0.6) is 5.75 Å².